The van der Waals surface area contributed by atoms with E-state index in [0.29, 0.717) is 0 Å². The van der Waals surface area contributed by atoms with Crippen LogP contribution >= 0.6 is 0 Å². The zero-order chi connectivity index (χ0) is 10.9. The van der Waals surface area contributed by atoms with E-state index in [1.165, 1.54) is 24.3 Å². The minimum absolute atomic E-state index is 0.0401. The third-order valence-corrected chi connectivity index (χ3v) is 1.99. The van der Waals surface area contributed by atoms with E-state index in [0.717, 1.165) is 0 Å². The summed E-state index contributed by atoms with van der Waals surface area (Å²) in [7, 11) is 0. The maximum atomic E-state index is 12.7. The Morgan fingerprint density at radius 2 is 1.80 bits per heavy atom. The van der Waals surface area contributed by atoms with Gasteiger partial charge < -0.3 is 0 Å². The first-order chi connectivity index (χ1) is 7.09. The number of nitrogens with zero attached hydrogens (tertiary/aromatic N) is 1. The standard InChI is InChI=1S/C9H8F3NO2/c10-9(11,12)13(8-6-14-15-8)7-4-2-1-3-5-7/h1-5,8H,6H2. The Bertz CT molecular complexity index is 324. The molecule has 0 bridgehead atoms. The normalized spacial score (nSPS) is 20.9. The monoisotopic (exact) mass is 219 g/mol. The summed E-state index contributed by atoms with van der Waals surface area (Å²) < 4.78 is 38.0. The molecule has 0 radical (unpaired) electrons. The van der Waals surface area contributed by atoms with Crippen LogP contribution in [0, 0.1) is 0 Å². The summed E-state index contributed by atoms with van der Waals surface area (Å²) in [5.74, 6) is 0. The van der Waals surface area contributed by atoms with Gasteiger partial charge in [0.1, 0.15) is 6.61 Å². The zero-order valence-electron chi connectivity index (χ0n) is 7.57. The highest BCUT2D eigenvalue weighted by atomic mass is 19.4. The summed E-state index contributed by atoms with van der Waals surface area (Å²) in [6.45, 7) is -0.0889. The van der Waals surface area contributed by atoms with Crippen LogP contribution in [0.15, 0.2) is 30.3 Å². The summed E-state index contributed by atoms with van der Waals surface area (Å²) >= 11 is 0. The fraction of sp³-hybridized carbons (Fsp3) is 0.333. The molecule has 1 atom stereocenters. The summed E-state index contributed by atoms with van der Waals surface area (Å²) in [4.78, 5) is 8.90. The van der Waals surface area contributed by atoms with Crippen molar-refractivity contribution < 1.29 is 22.9 Å². The summed E-state index contributed by atoms with van der Waals surface area (Å²) in [5, 5.41) is 0. The predicted molar refractivity (Wildman–Crippen MR) is 45.8 cm³/mol. The van der Waals surface area contributed by atoms with Crippen LogP contribution < -0.4 is 4.90 Å². The van der Waals surface area contributed by atoms with Crippen LogP contribution in [0.1, 0.15) is 0 Å². The van der Waals surface area contributed by atoms with Gasteiger partial charge in [0.15, 0.2) is 6.23 Å². The van der Waals surface area contributed by atoms with E-state index in [-0.39, 0.29) is 17.2 Å². The minimum atomic E-state index is -4.48. The predicted octanol–water partition coefficient (Wildman–Crippen LogP) is 2.30. The Kier molecular flexibility index (Phi) is 2.54. The largest absolute Gasteiger partial charge is 0.487 e. The third kappa shape index (κ3) is 2.05. The van der Waals surface area contributed by atoms with E-state index < -0.39 is 12.5 Å². The highest BCUT2D eigenvalue weighted by Crippen LogP contribution is 2.33. The van der Waals surface area contributed by atoms with Gasteiger partial charge in [0.25, 0.3) is 0 Å². The van der Waals surface area contributed by atoms with E-state index in [4.69, 9.17) is 0 Å². The van der Waals surface area contributed by atoms with E-state index in [9.17, 15) is 13.2 Å². The van der Waals surface area contributed by atoms with Crippen LogP contribution in [0.3, 0.4) is 0 Å². The van der Waals surface area contributed by atoms with Crippen molar-refractivity contribution in [3.63, 3.8) is 0 Å². The van der Waals surface area contributed by atoms with Crippen LogP contribution in [-0.4, -0.2) is 19.1 Å². The van der Waals surface area contributed by atoms with Gasteiger partial charge in [-0.3, -0.25) is 4.90 Å². The molecule has 82 valence electrons. The van der Waals surface area contributed by atoms with E-state index >= 15 is 0 Å². The molecule has 1 aliphatic rings. The van der Waals surface area contributed by atoms with Crippen LogP contribution in [0.25, 0.3) is 0 Å². The van der Waals surface area contributed by atoms with Crippen LogP contribution in [0.4, 0.5) is 18.9 Å². The molecule has 1 heterocycles. The average Bonchev–Trinajstić information content (AvgIpc) is 2.10. The van der Waals surface area contributed by atoms with Crippen LogP contribution in [-0.2, 0) is 9.78 Å². The number of para-hydroxylation sites is 1. The Morgan fingerprint density at radius 1 is 1.20 bits per heavy atom. The lowest BCUT2D eigenvalue weighted by atomic mass is 10.3. The van der Waals surface area contributed by atoms with Crippen molar-refractivity contribution in [2.45, 2.75) is 12.5 Å². The van der Waals surface area contributed by atoms with Gasteiger partial charge in [0.2, 0.25) is 0 Å². The number of alkyl halides is 3. The topological polar surface area (TPSA) is 21.7 Å². The first kappa shape index (κ1) is 10.3. The lowest BCUT2D eigenvalue weighted by Crippen LogP contribution is -2.54. The minimum Gasteiger partial charge on any atom is -0.252 e. The summed E-state index contributed by atoms with van der Waals surface area (Å²) in [5.41, 5.74) is 0.0401. The maximum Gasteiger partial charge on any atom is 0.487 e. The van der Waals surface area contributed by atoms with Crippen molar-refractivity contribution in [1.29, 1.82) is 0 Å². The van der Waals surface area contributed by atoms with Crippen molar-refractivity contribution in [2.24, 2.45) is 0 Å². The second kappa shape index (κ2) is 3.71. The lowest BCUT2D eigenvalue weighted by molar-refractivity contribution is -0.432. The van der Waals surface area contributed by atoms with Gasteiger partial charge in [-0.15, -0.1) is 13.2 Å². The van der Waals surface area contributed by atoms with Gasteiger partial charge in [0, 0.05) is 5.69 Å². The Morgan fingerprint density at radius 3 is 2.20 bits per heavy atom. The number of hydrogen-bond donors (Lipinski definition) is 0. The van der Waals surface area contributed by atoms with Crippen molar-refractivity contribution in [3.05, 3.63) is 30.3 Å². The Balaban J connectivity index is 2.26. The summed E-state index contributed by atoms with van der Waals surface area (Å²) in [6.07, 6.45) is -5.57. The second-order valence-electron chi connectivity index (χ2n) is 3.01. The van der Waals surface area contributed by atoms with Gasteiger partial charge in [-0.2, -0.15) is 0 Å². The average molecular weight is 219 g/mol. The van der Waals surface area contributed by atoms with Crippen molar-refractivity contribution in [1.82, 2.24) is 0 Å². The molecule has 0 spiro atoms. The molecule has 0 saturated carbocycles. The summed E-state index contributed by atoms with van der Waals surface area (Å²) in [6, 6.07) is 7.46. The number of benzene rings is 1. The first-order valence-corrected chi connectivity index (χ1v) is 4.28. The second-order valence-corrected chi connectivity index (χ2v) is 3.01. The third-order valence-electron chi connectivity index (χ3n) is 1.99. The fourth-order valence-corrected chi connectivity index (χ4v) is 1.31. The molecule has 0 aromatic heterocycles. The fourth-order valence-electron chi connectivity index (χ4n) is 1.31. The quantitative estimate of drug-likeness (QED) is 0.562. The molecule has 0 aliphatic carbocycles. The van der Waals surface area contributed by atoms with Crippen molar-refractivity contribution in [3.8, 4) is 0 Å². The molecule has 1 fully saturated rings. The molecule has 1 aliphatic heterocycles. The molecule has 6 heteroatoms. The smallest absolute Gasteiger partial charge is 0.252 e. The SMILES string of the molecule is FC(F)(F)N(c1ccccc1)C1COO1. The van der Waals surface area contributed by atoms with E-state index in [1.807, 2.05) is 0 Å². The highest BCUT2D eigenvalue weighted by Gasteiger charge is 2.46. The molecule has 3 nitrogen and oxygen atoms in total. The molecular weight excluding hydrogens is 211 g/mol. The van der Waals surface area contributed by atoms with Crippen LogP contribution in [0.2, 0.25) is 0 Å². The highest BCUT2D eigenvalue weighted by molar-refractivity contribution is 5.47. The van der Waals surface area contributed by atoms with Crippen LogP contribution in [0.5, 0.6) is 0 Å². The molecule has 1 aromatic rings. The number of anilines is 1. The van der Waals surface area contributed by atoms with Crippen molar-refractivity contribution in [2.75, 3.05) is 11.5 Å². The zero-order valence-corrected chi connectivity index (χ0v) is 7.57. The van der Waals surface area contributed by atoms with Gasteiger partial charge in [0.05, 0.1) is 0 Å². The number of halogens is 3. The van der Waals surface area contributed by atoms with Gasteiger partial charge in [-0.1, -0.05) is 18.2 Å². The first-order valence-electron chi connectivity index (χ1n) is 4.28. The molecule has 0 amide bonds. The lowest BCUT2D eigenvalue weighted by Gasteiger charge is -2.37. The van der Waals surface area contributed by atoms with Crippen molar-refractivity contribution >= 4 is 5.69 Å². The molecule has 1 unspecified atom stereocenters. The molecule has 1 aromatic carbocycles. The van der Waals surface area contributed by atoms with Gasteiger partial charge >= 0.3 is 6.30 Å². The molecular formula is C9H8F3NO2. The Hall–Kier alpha value is -1.27. The molecule has 1 saturated heterocycles. The molecule has 2 rings (SSSR count). The van der Waals surface area contributed by atoms with E-state index in [2.05, 4.69) is 9.78 Å². The molecule has 15 heavy (non-hydrogen) atoms. The Labute approximate surface area is 83.9 Å². The van der Waals surface area contributed by atoms with Gasteiger partial charge in [-0.05, 0) is 12.1 Å². The van der Waals surface area contributed by atoms with E-state index in [1.54, 1.807) is 6.07 Å². The number of rotatable bonds is 2. The van der Waals surface area contributed by atoms with Gasteiger partial charge in [-0.25, -0.2) is 9.78 Å². The number of hydrogen-bond acceptors (Lipinski definition) is 3. The molecule has 0 N–H and O–H groups in total. The maximum absolute atomic E-state index is 12.7.